The summed E-state index contributed by atoms with van der Waals surface area (Å²) in [6.07, 6.45) is 3.58. The van der Waals surface area contributed by atoms with Gasteiger partial charge in [-0.05, 0) is 13.3 Å². The predicted octanol–water partition coefficient (Wildman–Crippen LogP) is 1.74. The standard InChI is InChI=1S/C10H15N5/c1-3-5-7-14-9(11-4-2)8-10(15-7)13-6-12-8/h6H,3-5H2,1-2H3,(H2,11,12,13,14,15). The van der Waals surface area contributed by atoms with Crippen LogP contribution in [0, 0.1) is 0 Å². The number of aromatic amines is 1. The van der Waals surface area contributed by atoms with E-state index in [2.05, 4.69) is 32.2 Å². The minimum absolute atomic E-state index is 0.740. The minimum Gasteiger partial charge on any atom is -0.368 e. The Morgan fingerprint density at radius 1 is 1.33 bits per heavy atom. The first-order valence-corrected chi connectivity index (χ1v) is 5.29. The highest BCUT2D eigenvalue weighted by Crippen LogP contribution is 2.16. The van der Waals surface area contributed by atoms with Crippen molar-refractivity contribution in [3.63, 3.8) is 0 Å². The molecule has 0 amide bonds. The van der Waals surface area contributed by atoms with Crippen molar-refractivity contribution in [2.75, 3.05) is 11.9 Å². The number of fused-ring (bicyclic) bond motifs is 1. The fraction of sp³-hybridized carbons (Fsp3) is 0.500. The SMILES string of the molecule is CCCc1nc(NCC)c2[nH]cnc2n1. The summed E-state index contributed by atoms with van der Waals surface area (Å²) in [6, 6.07) is 0. The van der Waals surface area contributed by atoms with Crippen LogP contribution in [0.3, 0.4) is 0 Å². The smallest absolute Gasteiger partial charge is 0.183 e. The quantitative estimate of drug-likeness (QED) is 0.797. The van der Waals surface area contributed by atoms with Gasteiger partial charge in [-0.25, -0.2) is 15.0 Å². The highest BCUT2D eigenvalue weighted by molar-refractivity contribution is 5.82. The van der Waals surface area contributed by atoms with Gasteiger partial charge in [-0.1, -0.05) is 6.92 Å². The number of H-pyrrole nitrogens is 1. The van der Waals surface area contributed by atoms with E-state index < -0.39 is 0 Å². The largest absolute Gasteiger partial charge is 0.368 e. The van der Waals surface area contributed by atoms with Crippen LogP contribution in [0.1, 0.15) is 26.1 Å². The second-order valence-corrected chi connectivity index (χ2v) is 3.37. The van der Waals surface area contributed by atoms with Gasteiger partial charge in [0.05, 0.1) is 6.33 Å². The van der Waals surface area contributed by atoms with E-state index in [-0.39, 0.29) is 0 Å². The van der Waals surface area contributed by atoms with Crippen LogP contribution >= 0.6 is 0 Å². The van der Waals surface area contributed by atoms with Crippen molar-refractivity contribution < 1.29 is 0 Å². The number of anilines is 1. The molecule has 2 aromatic heterocycles. The van der Waals surface area contributed by atoms with E-state index >= 15 is 0 Å². The van der Waals surface area contributed by atoms with Gasteiger partial charge in [0.15, 0.2) is 11.5 Å². The Kier molecular flexibility index (Phi) is 2.80. The number of nitrogens with zero attached hydrogens (tertiary/aromatic N) is 3. The summed E-state index contributed by atoms with van der Waals surface area (Å²) >= 11 is 0. The molecule has 0 atom stereocenters. The van der Waals surface area contributed by atoms with Crippen LogP contribution in [0.2, 0.25) is 0 Å². The van der Waals surface area contributed by atoms with Gasteiger partial charge in [0, 0.05) is 13.0 Å². The molecule has 5 heteroatoms. The first-order valence-electron chi connectivity index (χ1n) is 5.29. The number of imidazole rings is 1. The van der Waals surface area contributed by atoms with E-state index in [4.69, 9.17) is 0 Å². The van der Waals surface area contributed by atoms with Gasteiger partial charge in [-0.2, -0.15) is 0 Å². The van der Waals surface area contributed by atoms with Gasteiger partial charge in [0.25, 0.3) is 0 Å². The molecule has 15 heavy (non-hydrogen) atoms. The molecule has 0 aromatic carbocycles. The lowest BCUT2D eigenvalue weighted by Gasteiger charge is -2.05. The van der Waals surface area contributed by atoms with Crippen molar-refractivity contribution in [2.45, 2.75) is 26.7 Å². The second kappa shape index (κ2) is 4.25. The highest BCUT2D eigenvalue weighted by Gasteiger charge is 2.08. The zero-order valence-corrected chi connectivity index (χ0v) is 9.04. The molecule has 0 spiro atoms. The molecular formula is C10H15N5. The molecule has 2 aromatic rings. The van der Waals surface area contributed by atoms with Crippen molar-refractivity contribution in [3.8, 4) is 0 Å². The van der Waals surface area contributed by atoms with E-state index in [1.54, 1.807) is 6.33 Å². The van der Waals surface area contributed by atoms with E-state index in [1.807, 2.05) is 6.92 Å². The molecule has 0 radical (unpaired) electrons. The maximum absolute atomic E-state index is 4.46. The lowest BCUT2D eigenvalue weighted by atomic mass is 10.3. The van der Waals surface area contributed by atoms with Crippen LogP contribution in [-0.2, 0) is 6.42 Å². The van der Waals surface area contributed by atoms with Crippen LogP contribution in [0.5, 0.6) is 0 Å². The van der Waals surface area contributed by atoms with Crippen molar-refractivity contribution in [3.05, 3.63) is 12.2 Å². The monoisotopic (exact) mass is 205 g/mol. The molecule has 0 saturated heterocycles. The summed E-state index contributed by atoms with van der Waals surface area (Å²) in [5.74, 6) is 1.71. The topological polar surface area (TPSA) is 66.5 Å². The van der Waals surface area contributed by atoms with E-state index in [0.29, 0.717) is 0 Å². The third kappa shape index (κ3) is 1.91. The van der Waals surface area contributed by atoms with E-state index in [0.717, 1.165) is 42.2 Å². The molecule has 2 N–H and O–H groups in total. The van der Waals surface area contributed by atoms with Crippen LogP contribution < -0.4 is 5.32 Å². The summed E-state index contributed by atoms with van der Waals surface area (Å²) in [5, 5.41) is 3.21. The summed E-state index contributed by atoms with van der Waals surface area (Å²) < 4.78 is 0. The first-order chi connectivity index (χ1) is 7.35. The van der Waals surface area contributed by atoms with E-state index in [9.17, 15) is 0 Å². The molecule has 0 aliphatic heterocycles. The number of rotatable bonds is 4. The second-order valence-electron chi connectivity index (χ2n) is 3.37. The number of hydrogen-bond acceptors (Lipinski definition) is 4. The summed E-state index contributed by atoms with van der Waals surface area (Å²) in [4.78, 5) is 16.0. The fourth-order valence-electron chi connectivity index (χ4n) is 1.51. The summed E-state index contributed by atoms with van der Waals surface area (Å²) in [5.41, 5.74) is 1.63. The molecule has 0 aliphatic carbocycles. The zero-order chi connectivity index (χ0) is 10.7. The molecule has 2 heterocycles. The van der Waals surface area contributed by atoms with Gasteiger partial charge in [-0.3, -0.25) is 0 Å². The van der Waals surface area contributed by atoms with Gasteiger partial charge >= 0.3 is 0 Å². The lowest BCUT2D eigenvalue weighted by molar-refractivity contribution is 0.842. The predicted molar refractivity (Wildman–Crippen MR) is 59.8 cm³/mol. The normalized spacial score (nSPS) is 10.8. The van der Waals surface area contributed by atoms with Gasteiger partial charge in [-0.15, -0.1) is 0 Å². The lowest BCUT2D eigenvalue weighted by Crippen LogP contribution is -2.04. The Bertz CT molecular complexity index is 448. The molecule has 5 nitrogen and oxygen atoms in total. The van der Waals surface area contributed by atoms with Gasteiger partial charge in [0.1, 0.15) is 11.3 Å². The molecule has 80 valence electrons. The molecule has 0 unspecified atom stereocenters. The minimum atomic E-state index is 0.740. The molecule has 0 aliphatic rings. The van der Waals surface area contributed by atoms with Crippen molar-refractivity contribution in [1.29, 1.82) is 0 Å². The van der Waals surface area contributed by atoms with Gasteiger partial charge < -0.3 is 10.3 Å². The van der Waals surface area contributed by atoms with Crippen LogP contribution in [-0.4, -0.2) is 26.5 Å². The van der Waals surface area contributed by atoms with Gasteiger partial charge in [0.2, 0.25) is 0 Å². The Morgan fingerprint density at radius 3 is 2.93 bits per heavy atom. The summed E-state index contributed by atoms with van der Waals surface area (Å²) in [7, 11) is 0. The zero-order valence-electron chi connectivity index (χ0n) is 9.04. The highest BCUT2D eigenvalue weighted by atomic mass is 15.1. The van der Waals surface area contributed by atoms with Crippen molar-refractivity contribution >= 4 is 17.0 Å². The molecular weight excluding hydrogens is 190 g/mol. The Morgan fingerprint density at radius 2 is 2.20 bits per heavy atom. The maximum atomic E-state index is 4.46. The third-order valence-corrected chi connectivity index (χ3v) is 2.15. The number of aromatic nitrogens is 4. The summed E-state index contributed by atoms with van der Waals surface area (Å²) in [6.45, 7) is 5.01. The number of aryl methyl sites for hydroxylation is 1. The average molecular weight is 205 g/mol. The Balaban J connectivity index is 2.48. The molecule has 0 fully saturated rings. The van der Waals surface area contributed by atoms with Crippen LogP contribution in [0.25, 0.3) is 11.2 Å². The molecule has 0 bridgehead atoms. The Labute approximate surface area is 88.4 Å². The Hall–Kier alpha value is -1.65. The van der Waals surface area contributed by atoms with E-state index in [1.165, 1.54) is 0 Å². The van der Waals surface area contributed by atoms with Crippen LogP contribution in [0.15, 0.2) is 6.33 Å². The first kappa shape index (κ1) is 9.89. The average Bonchev–Trinajstić information content (AvgIpc) is 2.67. The van der Waals surface area contributed by atoms with Crippen molar-refractivity contribution in [2.24, 2.45) is 0 Å². The number of nitrogens with one attached hydrogen (secondary N) is 2. The van der Waals surface area contributed by atoms with Crippen molar-refractivity contribution in [1.82, 2.24) is 19.9 Å². The van der Waals surface area contributed by atoms with Crippen LogP contribution in [0.4, 0.5) is 5.82 Å². The maximum Gasteiger partial charge on any atom is 0.183 e. The molecule has 0 saturated carbocycles. The fourth-order valence-corrected chi connectivity index (χ4v) is 1.51. The number of hydrogen-bond donors (Lipinski definition) is 2. The molecule has 2 rings (SSSR count). The third-order valence-electron chi connectivity index (χ3n) is 2.15.